The number of piperazine rings is 1. The Hall–Kier alpha value is -1.80. The quantitative estimate of drug-likeness (QED) is 0.725. The average molecular weight is 378 g/mol. The molecule has 0 unspecified atom stereocenters. The van der Waals surface area contributed by atoms with Gasteiger partial charge in [-0.1, -0.05) is 18.6 Å². The summed E-state index contributed by atoms with van der Waals surface area (Å²) in [5.74, 6) is 0.655. The van der Waals surface area contributed by atoms with Gasteiger partial charge in [0.1, 0.15) is 5.82 Å². The minimum Gasteiger partial charge on any atom is -0.332 e. The molecule has 1 amide bonds. The molecule has 0 N–H and O–H groups in total. The van der Waals surface area contributed by atoms with E-state index in [9.17, 15) is 13.2 Å². The Morgan fingerprint density at radius 1 is 1.19 bits per heavy atom. The Bertz CT molecular complexity index is 800. The zero-order chi connectivity index (χ0) is 18.9. The molecule has 8 heteroatoms. The number of sulfone groups is 1. The Labute approximate surface area is 155 Å². The predicted octanol–water partition coefficient (Wildman–Crippen LogP) is 0.929. The first-order chi connectivity index (χ1) is 12.3. The maximum atomic E-state index is 12.9. The van der Waals surface area contributed by atoms with Crippen molar-refractivity contribution in [2.24, 2.45) is 0 Å². The van der Waals surface area contributed by atoms with E-state index < -0.39 is 9.84 Å². The lowest BCUT2D eigenvalue weighted by molar-refractivity contribution is 0.0367. The van der Waals surface area contributed by atoms with Crippen molar-refractivity contribution < 1.29 is 13.2 Å². The second kappa shape index (κ2) is 7.44. The van der Waals surface area contributed by atoms with Gasteiger partial charge in [0, 0.05) is 44.5 Å². The molecule has 2 fully saturated rings. The van der Waals surface area contributed by atoms with Gasteiger partial charge < -0.3 is 4.90 Å². The summed E-state index contributed by atoms with van der Waals surface area (Å²) in [5, 5.41) is 0. The van der Waals surface area contributed by atoms with Crippen LogP contribution < -0.4 is 0 Å². The summed E-state index contributed by atoms with van der Waals surface area (Å²) >= 11 is 0. The number of aryl methyl sites for hydroxylation is 1. The number of fused-ring (bicyclic) bond motifs is 1. The summed E-state index contributed by atoms with van der Waals surface area (Å²) in [6.45, 7) is 7.92. The van der Waals surface area contributed by atoms with Crippen LogP contribution in [0, 0.1) is 0 Å². The monoisotopic (exact) mass is 378 g/mol. The molecule has 1 aromatic heterocycles. The first kappa shape index (κ1) is 19.0. The van der Waals surface area contributed by atoms with Crippen molar-refractivity contribution in [3.63, 3.8) is 0 Å². The largest absolute Gasteiger partial charge is 0.332 e. The van der Waals surface area contributed by atoms with Crippen LogP contribution in [0.3, 0.4) is 0 Å². The van der Waals surface area contributed by atoms with E-state index in [0.717, 1.165) is 6.54 Å². The number of allylic oxidation sites excluding steroid dienone is 1. The van der Waals surface area contributed by atoms with Crippen molar-refractivity contribution in [1.29, 1.82) is 0 Å². The molecule has 7 nitrogen and oxygen atoms in total. The van der Waals surface area contributed by atoms with E-state index >= 15 is 0 Å². The minimum absolute atomic E-state index is 0.0304. The molecule has 3 rings (SSSR count). The fraction of sp³-hybridized carbons (Fsp3) is 0.611. The minimum atomic E-state index is -3.15. The molecule has 0 saturated carbocycles. The topological polar surface area (TPSA) is 83.5 Å². The lowest BCUT2D eigenvalue weighted by atomic mass is 10.0. The van der Waals surface area contributed by atoms with E-state index in [-0.39, 0.29) is 29.5 Å². The summed E-state index contributed by atoms with van der Waals surface area (Å²) in [7, 11) is -3.15. The Kier molecular flexibility index (Phi) is 5.43. The first-order valence-corrected chi connectivity index (χ1v) is 10.8. The third kappa shape index (κ3) is 3.96. The highest BCUT2D eigenvalue weighted by Gasteiger charge is 2.47. The molecule has 2 atom stereocenters. The van der Waals surface area contributed by atoms with Gasteiger partial charge in [0.25, 0.3) is 5.91 Å². The van der Waals surface area contributed by atoms with Crippen LogP contribution in [-0.4, -0.2) is 77.3 Å². The highest BCUT2D eigenvalue weighted by atomic mass is 32.2. The molecule has 1 aromatic rings. The van der Waals surface area contributed by atoms with Crippen molar-refractivity contribution >= 4 is 15.7 Å². The lowest BCUT2D eigenvalue weighted by Crippen LogP contribution is -2.60. The number of carbonyl (C=O) groups excluding carboxylic acids is 1. The van der Waals surface area contributed by atoms with Crippen LogP contribution in [0.1, 0.15) is 37.0 Å². The van der Waals surface area contributed by atoms with E-state index in [1.165, 1.54) is 5.57 Å². The van der Waals surface area contributed by atoms with E-state index in [1.807, 2.05) is 20.8 Å². The number of hydrogen-bond donors (Lipinski definition) is 0. The Balaban J connectivity index is 1.82. The van der Waals surface area contributed by atoms with Gasteiger partial charge in [-0.15, -0.1) is 0 Å². The molecule has 2 saturated heterocycles. The number of hydrogen-bond acceptors (Lipinski definition) is 6. The molecular formula is C18H26N4O3S. The van der Waals surface area contributed by atoms with Gasteiger partial charge in [0.05, 0.1) is 23.1 Å². The van der Waals surface area contributed by atoms with Crippen LogP contribution in [0.15, 0.2) is 24.0 Å². The third-order valence-electron chi connectivity index (χ3n) is 5.05. The third-order valence-corrected chi connectivity index (χ3v) is 6.75. The molecule has 0 spiro atoms. The summed E-state index contributed by atoms with van der Waals surface area (Å²) in [6.07, 6.45) is 5.90. The van der Waals surface area contributed by atoms with Crippen LogP contribution in [0.2, 0.25) is 0 Å². The zero-order valence-corrected chi connectivity index (χ0v) is 16.4. The van der Waals surface area contributed by atoms with Crippen LogP contribution in [0.25, 0.3) is 0 Å². The summed E-state index contributed by atoms with van der Waals surface area (Å²) in [4.78, 5) is 25.2. The number of rotatable bonds is 4. The fourth-order valence-electron chi connectivity index (χ4n) is 3.62. The second-order valence-corrected chi connectivity index (χ2v) is 9.38. The molecule has 142 valence electrons. The standard InChI is InChI=1S/C18H26N4O3S/c1-4-17-19-9-14(10-20-17)18(23)22-8-7-21(6-5-13(2)3)15-11-26(24,25)12-16(15)22/h5,9-10,15-16H,4,6-8,11-12H2,1-3H3/t15-,16+/m0/s1. The molecule has 0 aromatic carbocycles. The van der Waals surface area contributed by atoms with Crippen molar-refractivity contribution in [3.8, 4) is 0 Å². The van der Waals surface area contributed by atoms with Crippen molar-refractivity contribution in [2.45, 2.75) is 39.3 Å². The SMILES string of the molecule is CCc1ncc(C(=O)N2CCN(CC=C(C)C)[C@H]3CS(=O)(=O)C[C@H]32)cn1. The number of amides is 1. The predicted molar refractivity (Wildman–Crippen MR) is 99.7 cm³/mol. The van der Waals surface area contributed by atoms with E-state index in [0.29, 0.717) is 30.9 Å². The Morgan fingerprint density at radius 2 is 1.85 bits per heavy atom. The molecule has 26 heavy (non-hydrogen) atoms. The van der Waals surface area contributed by atoms with Crippen LogP contribution in [0.5, 0.6) is 0 Å². The maximum absolute atomic E-state index is 12.9. The van der Waals surface area contributed by atoms with E-state index in [4.69, 9.17) is 0 Å². The lowest BCUT2D eigenvalue weighted by Gasteiger charge is -2.43. The second-order valence-electron chi connectivity index (χ2n) is 7.23. The molecule has 3 heterocycles. The van der Waals surface area contributed by atoms with Crippen LogP contribution in [-0.2, 0) is 16.3 Å². The van der Waals surface area contributed by atoms with E-state index in [1.54, 1.807) is 17.3 Å². The molecule has 2 aliphatic rings. The van der Waals surface area contributed by atoms with Crippen LogP contribution >= 0.6 is 0 Å². The molecule has 2 aliphatic heterocycles. The Morgan fingerprint density at radius 3 is 2.46 bits per heavy atom. The highest BCUT2D eigenvalue weighted by molar-refractivity contribution is 7.91. The first-order valence-electron chi connectivity index (χ1n) is 9.00. The molecule has 0 aliphatic carbocycles. The van der Waals surface area contributed by atoms with Crippen molar-refractivity contribution in [1.82, 2.24) is 19.8 Å². The normalized spacial score (nSPS) is 25.0. The highest BCUT2D eigenvalue weighted by Crippen LogP contribution is 2.28. The summed E-state index contributed by atoms with van der Waals surface area (Å²) in [6, 6.07) is -0.457. The summed E-state index contributed by atoms with van der Waals surface area (Å²) in [5.41, 5.74) is 1.62. The number of nitrogens with zero attached hydrogens (tertiary/aromatic N) is 4. The average Bonchev–Trinajstić information content (AvgIpc) is 2.94. The number of aromatic nitrogens is 2. The van der Waals surface area contributed by atoms with Crippen LogP contribution in [0.4, 0.5) is 0 Å². The van der Waals surface area contributed by atoms with Gasteiger partial charge >= 0.3 is 0 Å². The van der Waals surface area contributed by atoms with Gasteiger partial charge in [0.2, 0.25) is 0 Å². The van der Waals surface area contributed by atoms with Gasteiger partial charge in [0.15, 0.2) is 9.84 Å². The fourth-order valence-corrected chi connectivity index (χ4v) is 5.63. The number of carbonyl (C=O) groups is 1. The van der Waals surface area contributed by atoms with E-state index in [2.05, 4.69) is 20.9 Å². The molecular weight excluding hydrogens is 352 g/mol. The van der Waals surface area contributed by atoms with Gasteiger partial charge in [-0.3, -0.25) is 9.69 Å². The summed E-state index contributed by atoms with van der Waals surface area (Å²) < 4.78 is 24.5. The molecule has 0 bridgehead atoms. The van der Waals surface area contributed by atoms with Gasteiger partial charge in [-0.25, -0.2) is 18.4 Å². The van der Waals surface area contributed by atoms with Gasteiger partial charge in [-0.2, -0.15) is 0 Å². The molecule has 0 radical (unpaired) electrons. The van der Waals surface area contributed by atoms with Crippen molar-refractivity contribution in [2.75, 3.05) is 31.1 Å². The maximum Gasteiger partial charge on any atom is 0.257 e. The smallest absolute Gasteiger partial charge is 0.257 e. The van der Waals surface area contributed by atoms with Crippen molar-refractivity contribution in [3.05, 3.63) is 35.4 Å². The zero-order valence-electron chi connectivity index (χ0n) is 15.6. The van der Waals surface area contributed by atoms with Gasteiger partial charge in [-0.05, 0) is 13.8 Å².